The highest BCUT2D eigenvalue weighted by Gasteiger charge is 2.35. The summed E-state index contributed by atoms with van der Waals surface area (Å²) in [5.41, 5.74) is 0. The molecular weight excluding hydrogens is 532 g/mol. The highest BCUT2D eigenvalue weighted by molar-refractivity contribution is 7.91. The number of carbonyl (C=O) groups is 1. The van der Waals surface area contributed by atoms with Gasteiger partial charge in [0, 0.05) is 51.4 Å². The van der Waals surface area contributed by atoms with Crippen molar-refractivity contribution in [2.45, 2.75) is 37.8 Å². The molecule has 11 nitrogen and oxygen atoms in total. The zero-order valence-corrected chi connectivity index (χ0v) is 24.3. The molecule has 4 aliphatic heterocycles. The van der Waals surface area contributed by atoms with Crippen molar-refractivity contribution >= 4 is 25.5 Å². The van der Waals surface area contributed by atoms with Gasteiger partial charge in [0.05, 0.1) is 62.5 Å². The lowest BCUT2D eigenvalue weighted by Gasteiger charge is -2.32. The fraction of sp³-hybridized carbons (Fsp3) is 0.960. The van der Waals surface area contributed by atoms with Gasteiger partial charge < -0.3 is 9.47 Å². The Morgan fingerprint density at radius 3 is 1.42 bits per heavy atom. The maximum Gasteiger partial charge on any atom is 0.160 e. The summed E-state index contributed by atoms with van der Waals surface area (Å²) in [5.74, 6) is 0.624. The van der Waals surface area contributed by atoms with Gasteiger partial charge in [-0.05, 0) is 38.8 Å². The number of ether oxygens (including phenoxy) is 2. The van der Waals surface area contributed by atoms with E-state index >= 15 is 0 Å². The third-order valence-corrected chi connectivity index (χ3v) is 11.8. The zero-order chi connectivity index (χ0) is 27.0. The summed E-state index contributed by atoms with van der Waals surface area (Å²) in [6.07, 6.45) is 2.87. The minimum Gasteiger partial charge on any atom is -0.379 e. The van der Waals surface area contributed by atoms with Crippen molar-refractivity contribution in [2.24, 2.45) is 0 Å². The van der Waals surface area contributed by atoms with Crippen molar-refractivity contribution in [1.82, 2.24) is 19.6 Å². The largest absolute Gasteiger partial charge is 0.379 e. The summed E-state index contributed by atoms with van der Waals surface area (Å²) in [7, 11) is -6.13. The van der Waals surface area contributed by atoms with Crippen LogP contribution in [0.5, 0.6) is 0 Å². The van der Waals surface area contributed by atoms with E-state index in [-0.39, 0.29) is 54.0 Å². The second-order valence-corrected chi connectivity index (χ2v) is 15.7. The van der Waals surface area contributed by atoms with Gasteiger partial charge in [-0.3, -0.25) is 24.4 Å². The van der Waals surface area contributed by atoms with Gasteiger partial charge in [0.25, 0.3) is 0 Å². The molecular formula is C25H46N4O7S2. The van der Waals surface area contributed by atoms with Gasteiger partial charge in [-0.2, -0.15) is 0 Å². The van der Waals surface area contributed by atoms with Gasteiger partial charge in [0.15, 0.2) is 25.5 Å². The first-order valence-electron chi connectivity index (χ1n) is 14.2. The first-order valence-corrected chi connectivity index (χ1v) is 17.8. The molecule has 4 fully saturated rings. The lowest BCUT2D eigenvalue weighted by Crippen LogP contribution is -2.47. The van der Waals surface area contributed by atoms with E-state index in [4.69, 9.17) is 9.47 Å². The Kier molecular flexibility index (Phi) is 11.4. The van der Waals surface area contributed by atoms with Gasteiger partial charge in [0.1, 0.15) is 0 Å². The van der Waals surface area contributed by atoms with Crippen LogP contribution in [0.3, 0.4) is 0 Å². The standard InChI is InChI=1S/C25H46N4O7S2/c30-25(19-28(23-3-17-37(31,32)21-23)7-1-5-26-9-13-35-14-10-26)20-29(24-4-18-38(33,34)22-24)8-2-6-27-11-15-36-16-12-27/h23-24H,1-22H2/t23-,24-/m0/s1. The van der Waals surface area contributed by atoms with E-state index in [0.29, 0.717) is 25.9 Å². The number of morpholine rings is 2. The number of sulfone groups is 2. The van der Waals surface area contributed by atoms with Crippen LogP contribution in [0, 0.1) is 0 Å². The van der Waals surface area contributed by atoms with Crippen LogP contribution in [0.15, 0.2) is 0 Å². The highest BCUT2D eigenvalue weighted by atomic mass is 32.2. The van der Waals surface area contributed by atoms with E-state index in [0.717, 1.165) is 78.5 Å². The molecule has 0 spiro atoms. The molecule has 220 valence electrons. The van der Waals surface area contributed by atoms with E-state index in [1.807, 2.05) is 0 Å². The Balaban J connectivity index is 1.33. The Bertz CT molecular complexity index is 890. The average Bonchev–Trinajstić information content (AvgIpc) is 3.44. The van der Waals surface area contributed by atoms with E-state index < -0.39 is 19.7 Å². The fourth-order valence-electron chi connectivity index (χ4n) is 6.06. The molecule has 2 atom stereocenters. The normalized spacial score (nSPS) is 28.4. The first kappa shape index (κ1) is 30.3. The van der Waals surface area contributed by atoms with Crippen LogP contribution < -0.4 is 0 Å². The molecule has 0 aromatic heterocycles. The van der Waals surface area contributed by atoms with E-state index in [1.54, 1.807) is 0 Å². The fourth-order valence-corrected chi connectivity index (χ4v) is 9.58. The molecule has 0 aromatic carbocycles. The highest BCUT2D eigenvalue weighted by Crippen LogP contribution is 2.20. The SMILES string of the molecule is O=C(CN(CCCN1CCOCC1)[C@H]1CCS(=O)(=O)C1)CN(CCCN1CCOCC1)[C@H]1CCS(=O)(=O)C1. The van der Waals surface area contributed by atoms with Crippen molar-refractivity contribution in [3.8, 4) is 0 Å². The van der Waals surface area contributed by atoms with Crippen LogP contribution in [0.2, 0.25) is 0 Å². The Morgan fingerprint density at radius 1 is 0.684 bits per heavy atom. The van der Waals surface area contributed by atoms with Gasteiger partial charge in [0.2, 0.25) is 0 Å². The molecule has 13 heteroatoms. The number of Topliss-reactive ketones (excluding diaryl/α,β-unsaturated/α-hetero) is 1. The van der Waals surface area contributed by atoms with E-state index in [1.165, 1.54) is 0 Å². The maximum absolute atomic E-state index is 13.4. The summed E-state index contributed by atoms with van der Waals surface area (Å²) in [6, 6.07) is -0.259. The topological polar surface area (TPSA) is 117 Å². The third kappa shape index (κ3) is 9.76. The van der Waals surface area contributed by atoms with E-state index in [9.17, 15) is 21.6 Å². The number of hydrogen-bond donors (Lipinski definition) is 0. The van der Waals surface area contributed by atoms with Gasteiger partial charge >= 0.3 is 0 Å². The summed E-state index contributed by atoms with van der Waals surface area (Å²) in [6.45, 7) is 10.1. The minimum atomic E-state index is -3.06. The monoisotopic (exact) mass is 578 g/mol. The van der Waals surface area contributed by atoms with Crippen LogP contribution >= 0.6 is 0 Å². The average molecular weight is 579 g/mol. The van der Waals surface area contributed by atoms with Crippen molar-refractivity contribution in [1.29, 1.82) is 0 Å². The van der Waals surface area contributed by atoms with E-state index in [2.05, 4.69) is 19.6 Å². The lowest BCUT2D eigenvalue weighted by molar-refractivity contribution is -0.122. The predicted molar refractivity (Wildman–Crippen MR) is 146 cm³/mol. The number of nitrogens with zero attached hydrogens (tertiary/aromatic N) is 4. The Morgan fingerprint density at radius 2 is 1.08 bits per heavy atom. The van der Waals surface area contributed by atoms with Crippen LogP contribution in [0.25, 0.3) is 0 Å². The smallest absolute Gasteiger partial charge is 0.160 e. The van der Waals surface area contributed by atoms with Crippen LogP contribution in [-0.2, 0) is 33.9 Å². The summed E-state index contributed by atoms with van der Waals surface area (Å²) >= 11 is 0. The van der Waals surface area contributed by atoms with Crippen molar-refractivity contribution in [3.63, 3.8) is 0 Å². The van der Waals surface area contributed by atoms with Gasteiger partial charge in [-0.25, -0.2) is 16.8 Å². The second-order valence-electron chi connectivity index (χ2n) is 11.2. The van der Waals surface area contributed by atoms with Crippen molar-refractivity contribution in [2.75, 3.05) is 115 Å². The quantitative estimate of drug-likeness (QED) is 0.252. The zero-order valence-electron chi connectivity index (χ0n) is 22.7. The summed E-state index contributed by atoms with van der Waals surface area (Å²) in [5, 5.41) is 0. The summed E-state index contributed by atoms with van der Waals surface area (Å²) in [4.78, 5) is 22.2. The molecule has 0 aromatic rings. The Labute approximate surface area is 228 Å². The molecule has 4 rings (SSSR count). The number of carbonyl (C=O) groups excluding carboxylic acids is 1. The molecule has 0 radical (unpaired) electrons. The third-order valence-electron chi connectivity index (χ3n) is 8.26. The second kappa shape index (κ2) is 14.3. The van der Waals surface area contributed by atoms with Crippen LogP contribution in [0.4, 0.5) is 0 Å². The van der Waals surface area contributed by atoms with Crippen LogP contribution in [-0.4, -0.2) is 169 Å². The van der Waals surface area contributed by atoms with Gasteiger partial charge in [-0.1, -0.05) is 0 Å². The predicted octanol–water partition coefficient (Wildman–Crippen LogP) is -1.02. The molecule has 0 unspecified atom stereocenters. The molecule has 4 aliphatic rings. The minimum absolute atomic E-state index is 0.0383. The lowest BCUT2D eigenvalue weighted by atomic mass is 10.1. The first-order chi connectivity index (χ1) is 18.2. The number of hydrogen-bond acceptors (Lipinski definition) is 11. The number of ketones is 1. The molecule has 0 aliphatic carbocycles. The number of rotatable bonds is 14. The molecule has 38 heavy (non-hydrogen) atoms. The van der Waals surface area contributed by atoms with Crippen molar-refractivity contribution in [3.05, 3.63) is 0 Å². The molecule has 4 heterocycles. The van der Waals surface area contributed by atoms with Crippen molar-refractivity contribution < 1.29 is 31.1 Å². The molecule has 0 bridgehead atoms. The molecule has 0 N–H and O–H groups in total. The molecule has 4 saturated heterocycles. The Hall–Kier alpha value is -0.670. The van der Waals surface area contributed by atoms with Gasteiger partial charge in [-0.15, -0.1) is 0 Å². The molecule has 0 amide bonds. The molecule has 0 saturated carbocycles. The maximum atomic E-state index is 13.4. The summed E-state index contributed by atoms with van der Waals surface area (Å²) < 4.78 is 59.7. The van der Waals surface area contributed by atoms with Crippen LogP contribution in [0.1, 0.15) is 25.7 Å².